The second-order valence-electron chi connectivity index (χ2n) is 6.01. The van der Waals surface area contributed by atoms with Crippen LogP contribution in [-0.4, -0.2) is 25.1 Å². The fourth-order valence-electron chi connectivity index (χ4n) is 2.65. The van der Waals surface area contributed by atoms with E-state index in [0.29, 0.717) is 27.9 Å². The second-order valence-corrected chi connectivity index (χ2v) is 6.42. The molecule has 2 aromatic carbocycles. The van der Waals surface area contributed by atoms with Crippen LogP contribution in [0.4, 0.5) is 17.1 Å². The number of ether oxygens (including phenoxy) is 2. The van der Waals surface area contributed by atoms with Gasteiger partial charge in [0.2, 0.25) is 0 Å². The number of aromatic nitrogens is 1. The number of halogens is 1. The first-order chi connectivity index (χ1) is 13.5. The predicted molar refractivity (Wildman–Crippen MR) is 111 cm³/mol. The molecule has 6 nitrogen and oxygen atoms in total. The molecule has 3 aromatic rings. The molecule has 0 atom stereocenters. The van der Waals surface area contributed by atoms with Crippen LogP contribution in [0.3, 0.4) is 0 Å². The minimum atomic E-state index is -0.358. The maximum Gasteiger partial charge on any atom is 0.274 e. The van der Waals surface area contributed by atoms with Crippen molar-refractivity contribution in [1.82, 2.24) is 4.98 Å². The third kappa shape index (κ3) is 4.35. The van der Waals surface area contributed by atoms with Gasteiger partial charge in [0.25, 0.3) is 5.91 Å². The van der Waals surface area contributed by atoms with Crippen molar-refractivity contribution < 1.29 is 14.3 Å². The molecule has 0 aliphatic heterocycles. The summed E-state index contributed by atoms with van der Waals surface area (Å²) in [7, 11) is 3.13. The van der Waals surface area contributed by atoms with E-state index in [9.17, 15) is 4.79 Å². The lowest BCUT2D eigenvalue weighted by molar-refractivity contribution is 0.102. The number of hydrogen-bond donors (Lipinski definition) is 2. The molecule has 0 fully saturated rings. The van der Waals surface area contributed by atoms with E-state index in [4.69, 9.17) is 21.1 Å². The number of carbonyl (C=O) groups excluding carboxylic acids is 1. The summed E-state index contributed by atoms with van der Waals surface area (Å²) in [5.74, 6) is 0.822. The van der Waals surface area contributed by atoms with Crippen molar-refractivity contribution in [2.45, 2.75) is 6.92 Å². The van der Waals surface area contributed by atoms with Crippen LogP contribution in [-0.2, 0) is 0 Å². The Bertz CT molecular complexity index is 1010. The molecule has 0 spiro atoms. The Balaban J connectivity index is 1.82. The van der Waals surface area contributed by atoms with Gasteiger partial charge < -0.3 is 20.1 Å². The fraction of sp³-hybridized carbons (Fsp3) is 0.143. The van der Waals surface area contributed by atoms with E-state index in [1.165, 1.54) is 7.11 Å². The molecule has 0 saturated heterocycles. The van der Waals surface area contributed by atoms with Crippen LogP contribution < -0.4 is 20.1 Å². The van der Waals surface area contributed by atoms with Crippen molar-refractivity contribution in [3.8, 4) is 11.5 Å². The van der Waals surface area contributed by atoms with E-state index in [1.807, 2.05) is 31.2 Å². The van der Waals surface area contributed by atoms with Gasteiger partial charge in [0.05, 0.1) is 25.6 Å². The van der Waals surface area contributed by atoms with Crippen molar-refractivity contribution in [2.75, 3.05) is 24.9 Å². The summed E-state index contributed by atoms with van der Waals surface area (Å²) in [5.41, 5.74) is 3.12. The molecule has 0 bridgehead atoms. The molecule has 2 N–H and O–H groups in total. The molecule has 1 heterocycles. The highest BCUT2D eigenvalue weighted by Crippen LogP contribution is 2.31. The van der Waals surface area contributed by atoms with Crippen molar-refractivity contribution in [3.63, 3.8) is 0 Å². The lowest BCUT2D eigenvalue weighted by Gasteiger charge is -2.13. The first-order valence-electron chi connectivity index (χ1n) is 8.53. The molecule has 7 heteroatoms. The number of nitrogens with one attached hydrogen (secondary N) is 2. The Morgan fingerprint density at radius 1 is 1.00 bits per heavy atom. The van der Waals surface area contributed by atoms with Gasteiger partial charge in [0.15, 0.2) is 0 Å². The summed E-state index contributed by atoms with van der Waals surface area (Å²) in [4.78, 5) is 16.9. The van der Waals surface area contributed by atoms with Crippen molar-refractivity contribution in [1.29, 1.82) is 0 Å². The highest BCUT2D eigenvalue weighted by Gasteiger charge is 2.14. The number of aryl methyl sites for hydroxylation is 1. The predicted octanol–water partition coefficient (Wildman–Crippen LogP) is 5.06. The van der Waals surface area contributed by atoms with Crippen LogP contribution in [0.15, 0.2) is 54.7 Å². The normalized spacial score (nSPS) is 10.3. The third-order valence-corrected chi connectivity index (χ3v) is 4.51. The Morgan fingerprint density at radius 2 is 1.75 bits per heavy atom. The van der Waals surface area contributed by atoms with Gasteiger partial charge >= 0.3 is 0 Å². The third-order valence-electron chi connectivity index (χ3n) is 4.11. The number of carbonyl (C=O) groups is 1. The minimum absolute atomic E-state index is 0.259. The molecule has 0 aliphatic rings. The standard InChI is InChI=1S/C21H20ClN3O3/c1-13-10-17(20(28-3)12-15(13)22)25-21(26)18-11-14(8-9-23-18)24-16-6-4-5-7-19(16)27-2/h4-12H,1-3H3,(H,23,24)(H,25,26). The van der Waals surface area contributed by atoms with E-state index < -0.39 is 0 Å². The Kier molecular flexibility index (Phi) is 6.01. The quantitative estimate of drug-likeness (QED) is 0.608. The van der Waals surface area contributed by atoms with Crippen molar-refractivity contribution in [2.24, 2.45) is 0 Å². The molecule has 0 radical (unpaired) electrons. The number of anilines is 3. The zero-order valence-electron chi connectivity index (χ0n) is 15.7. The molecule has 0 saturated carbocycles. The smallest absolute Gasteiger partial charge is 0.274 e. The van der Waals surface area contributed by atoms with E-state index in [0.717, 1.165) is 11.3 Å². The summed E-state index contributed by atoms with van der Waals surface area (Å²) < 4.78 is 10.6. The van der Waals surface area contributed by atoms with Crippen LogP contribution in [0.1, 0.15) is 16.1 Å². The van der Waals surface area contributed by atoms with Crippen LogP contribution in [0, 0.1) is 6.92 Å². The van der Waals surface area contributed by atoms with Gasteiger partial charge in [-0.3, -0.25) is 9.78 Å². The molecule has 0 aliphatic carbocycles. The van der Waals surface area contributed by atoms with E-state index in [-0.39, 0.29) is 11.6 Å². The summed E-state index contributed by atoms with van der Waals surface area (Å²) in [6, 6.07) is 14.4. The van der Waals surface area contributed by atoms with E-state index in [2.05, 4.69) is 15.6 Å². The van der Waals surface area contributed by atoms with Crippen LogP contribution in [0.5, 0.6) is 11.5 Å². The monoisotopic (exact) mass is 397 g/mol. The Labute approximate surface area is 168 Å². The van der Waals surface area contributed by atoms with Gasteiger partial charge in [-0.05, 0) is 42.8 Å². The molecule has 1 aromatic heterocycles. The summed E-state index contributed by atoms with van der Waals surface area (Å²) in [5, 5.41) is 6.62. The van der Waals surface area contributed by atoms with Gasteiger partial charge in [-0.25, -0.2) is 0 Å². The number of amides is 1. The summed E-state index contributed by atoms with van der Waals surface area (Å²) in [6.45, 7) is 1.85. The molecule has 28 heavy (non-hydrogen) atoms. The molecular weight excluding hydrogens is 378 g/mol. The Hall–Kier alpha value is -3.25. The average molecular weight is 398 g/mol. The number of methoxy groups -OCH3 is 2. The lowest BCUT2D eigenvalue weighted by atomic mass is 10.2. The number of rotatable bonds is 6. The van der Waals surface area contributed by atoms with E-state index in [1.54, 1.807) is 37.6 Å². The maximum absolute atomic E-state index is 12.7. The summed E-state index contributed by atoms with van der Waals surface area (Å²) in [6.07, 6.45) is 1.57. The first kappa shape index (κ1) is 19.5. The number of para-hydroxylation sites is 2. The highest BCUT2D eigenvalue weighted by atomic mass is 35.5. The fourth-order valence-corrected chi connectivity index (χ4v) is 2.81. The number of nitrogens with zero attached hydrogens (tertiary/aromatic N) is 1. The molecule has 3 rings (SSSR count). The molecule has 144 valence electrons. The van der Waals surface area contributed by atoms with Gasteiger partial charge in [0.1, 0.15) is 17.2 Å². The molecule has 1 amide bonds. The zero-order valence-corrected chi connectivity index (χ0v) is 16.5. The Morgan fingerprint density at radius 3 is 2.50 bits per heavy atom. The highest BCUT2D eigenvalue weighted by molar-refractivity contribution is 6.31. The first-order valence-corrected chi connectivity index (χ1v) is 8.91. The van der Waals surface area contributed by atoms with Crippen LogP contribution >= 0.6 is 11.6 Å². The maximum atomic E-state index is 12.7. The van der Waals surface area contributed by atoms with Crippen LogP contribution in [0.2, 0.25) is 5.02 Å². The lowest BCUT2D eigenvalue weighted by Crippen LogP contribution is -2.14. The SMILES string of the molecule is COc1cc(Cl)c(C)cc1NC(=O)c1cc(Nc2ccccc2OC)ccn1. The van der Waals surface area contributed by atoms with Gasteiger partial charge in [-0.2, -0.15) is 0 Å². The van der Waals surface area contributed by atoms with Gasteiger partial charge in [0, 0.05) is 23.0 Å². The van der Waals surface area contributed by atoms with Gasteiger partial charge in [-0.1, -0.05) is 23.7 Å². The zero-order chi connectivity index (χ0) is 20.1. The molecule has 0 unspecified atom stereocenters. The number of benzene rings is 2. The molecular formula is C21H20ClN3O3. The van der Waals surface area contributed by atoms with E-state index >= 15 is 0 Å². The largest absolute Gasteiger partial charge is 0.495 e. The minimum Gasteiger partial charge on any atom is -0.495 e. The topological polar surface area (TPSA) is 72.5 Å². The number of hydrogen-bond acceptors (Lipinski definition) is 5. The second kappa shape index (κ2) is 8.63. The summed E-state index contributed by atoms with van der Waals surface area (Å²) >= 11 is 6.12. The average Bonchev–Trinajstić information content (AvgIpc) is 2.71. The van der Waals surface area contributed by atoms with Crippen LogP contribution in [0.25, 0.3) is 0 Å². The van der Waals surface area contributed by atoms with Crippen molar-refractivity contribution in [3.05, 3.63) is 71.0 Å². The van der Waals surface area contributed by atoms with Gasteiger partial charge in [-0.15, -0.1) is 0 Å². The number of pyridine rings is 1. The van der Waals surface area contributed by atoms with Crippen molar-refractivity contribution >= 4 is 34.6 Å².